The zero-order chi connectivity index (χ0) is 19.1. The van der Waals surface area contributed by atoms with E-state index < -0.39 is 0 Å². The Morgan fingerprint density at radius 2 is 1.74 bits per heavy atom. The summed E-state index contributed by atoms with van der Waals surface area (Å²) in [6.45, 7) is -0.137. The minimum atomic E-state index is -0.176. The summed E-state index contributed by atoms with van der Waals surface area (Å²) >= 11 is 0. The summed E-state index contributed by atoms with van der Waals surface area (Å²) in [6.07, 6.45) is 3.19. The van der Waals surface area contributed by atoms with E-state index in [0.717, 1.165) is 0 Å². The lowest BCUT2D eigenvalue weighted by Crippen LogP contribution is -2.09. The summed E-state index contributed by atoms with van der Waals surface area (Å²) in [7, 11) is 3.25. The Bertz CT molecular complexity index is 892. The average Bonchev–Trinajstić information content (AvgIpc) is 2.73. The smallest absolute Gasteiger partial charge is 0.263 e. The number of benzene rings is 1. The Morgan fingerprint density at radius 3 is 2.41 bits per heavy atom. The Labute approximate surface area is 156 Å². The average molecular weight is 369 g/mol. The van der Waals surface area contributed by atoms with Crippen molar-refractivity contribution < 1.29 is 19.3 Å². The first-order valence-electron chi connectivity index (χ1n) is 8.18. The van der Waals surface area contributed by atoms with Gasteiger partial charge in [0.05, 0.1) is 13.7 Å². The van der Waals surface area contributed by atoms with E-state index in [2.05, 4.69) is 25.3 Å². The van der Waals surface area contributed by atoms with Crippen LogP contribution in [0.4, 0.5) is 5.82 Å². The maximum absolute atomic E-state index is 9.13. The van der Waals surface area contributed by atoms with Crippen molar-refractivity contribution in [2.24, 2.45) is 0 Å². The molecule has 0 saturated carbocycles. The predicted molar refractivity (Wildman–Crippen MR) is 98.3 cm³/mol. The number of aliphatic hydroxyl groups excluding tert-OH is 1. The first-order chi connectivity index (χ1) is 13.3. The van der Waals surface area contributed by atoms with Crippen molar-refractivity contribution in [1.29, 1.82) is 0 Å². The third-order valence-electron chi connectivity index (χ3n) is 3.45. The van der Waals surface area contributed by atoms with Gasteiger partial charge in [0.15, 0.2) is 23.1 Å². The minimum absolute atomic E-state index is 0.0392. The third kappa shape index (κ3) is 4.21. The van der Waals surface area contributed by atoms with Crippen LogP contribution in [-0.2, 0) is 0 Å². The summed E-state index contributed by atoms with van der Waals surface area (Å²) in [4.78, 5) is 17.1. The molecular formula is C18H19N5O4. The Hall–Kier alpha value is -3.46. The zero-order valence-corrected chi connectivity index (χ0v) is 14.9. The molecule has 0 saturated heterocycles. The lowest BCUT2D eigenvalue weighted by molar-refractivity contribution is 0.192. The van der Waals surface area contributed by atoms with Crippen molar-refractivity contribution in [1.82, 2.24) is 19.9 Å². The standard InChI is InChI=1S/C18H19N5O4/c1-19-15-14(27-13-7-4-3-6-12(13)25-2)18(26-11-10-24)23-17(22-15)16-20-8-5-9-21-16/h3-9,24H,10-11H2,1-2H3,(H,19,22,23). The molecule has 9 nitrogen and oxygen atoms in total. The van der Waals surface area contributed by atoms with Crippen LogP contribution in [0.5, 0.6) is 23.1 Å². The Kier molecular flexibility index (Phi) is 5.95. The predicted octanol–water partition coefficient (Wildman–Crippen LogP) is 2.15. The summed E-state index contributed by atoms with van der Waals surface area (Å²) in [6, 6.07) is 8.88. The zero-order valence-electron chi connectivity index (χ0n) is 14.9. The van der Waals surface area contributed by atoms with Crippen LogP contribution in [0.2, 0.25) is 0 Å². The normalized spacial score (nSPS) is 10.3. The number of ether oxygens (including phenoxy) is 3. The van der Waals surface area contributed by atoms with Crippen molar-refractivity contribution in [2.45, 2.75) is 0 Å². The van der Waals surface area contributed by atoms with Gasteiger partial charge in [-0.1, -0.05) is 12.1 Å². The van der Waals surface area contributed by atoms with Gasteiger partial charge >= 0.3 is 0 Å². The second-order valence-electron chi connectivity index (χ2n) is 5.18. The fourth-order valence-electron chi connectivity index (χ4n) is 2.26. The van der Waals surface area contributed by atoms with Crippen molar-refractivity contribution >= 4 is 5.82 Å². The van der Waals surface area contributed by atoms with Crippen LogP contribution in [0.25, 0.3) is 11.6 Å². The number of para-hydroxylation sites is 2. The van der Waals surface area contributed by atoms with E-state index in [4.69, 9.17) is 19.3 Å². The summed E-state index contributed by atoms with van der Waals surface area (Å²) in [5, 5.41) is 12.1. The van der Waals surface area contributed by atoms with Gasteiger partial charge in [-0.3, -0.25) is 0 Å². The molecule has 0 fully saturated rings. The Morgan fingerprint density at radius 1 is 1.00 bits per heavy atom. The van der Waals surface area contributed by atoms with Gasteiger partial charge in [0.25, 0.3) is 5.88 Å². The molecular weight excluding hydrogens is 350 g/mol. The number of methoxy groups -OCH3 is 1. The van der Waals surface area contributed by atoms with Crippen LogP contribution in [0, 0.1) is 0 Å². The van der Waals surface area contributed by atoms with E-state index in [1.54, 1.807) is 44.8 Å². The SMILES string of the molecule is CNc1nc(-c2ncccn2)nc(OCCO)c1Oc1ccccc1OC. The molecule has 0 spiro atoms. The first kappa shape index (κ1) is 18.3. The molecule has 3 rings (SSSR count). The molecule has 0 atom stereocenters. The molecule has 9 heteroatoms. The van der Waals surface area contributed by atoms with Crippen LogP contribution in [0.1, 0.15) is 0 Å². The summed E-state index contributed by atoms with van der Waals surface area (Å²) in [5.74, 6) is 2.41. The molecule has 2 N–H and O–H groups in total. The number of hydrogen-bond acceptors (Lipinski definition) is 9. The lowest BCUT2D eigenvalue weighted by Gasteiger charge is -2.16. The van der Waals surface area contributed by atoms with E-state index in [-0.39, 0.29) is 30.7 Å². The highest BCUT2D eigenvalue weighted by molar-refractivity contribution is 5.62. The van der Waals surface area contributed by atoms with E-state index in [0.29, 0.717) is 23.1 Å². The van der Waals surface area contributed by atoms with Gasteiger partial charge in [0, 0.05) is 19.4 Å². The maximum Gasteiger partial charge on any atom is 0.263 e. The van der Waals surface area contributed by atoms with Gasteiger partial charge in [0.1, 0.15) is 6.61 Å². The molecule has 0 aliphatic heterocycles. The lowest BCUT2D eigenvalue weighted by atomic mass is 10.3. The highest BCUT2D eigenvalue weighted by Gasteiger charge is 2.21. The quantitative estimate of drug-likeness (QED) is 0.617. The molecule has 0 bridgehead atoms. The van der Waals surface area contributed by atoms with Crippen molar-refractivity contribution in [3.63, 3.8) is 0 Å². The van der Waals surface area contributed by atoms with Gasteiger partial charge in [0.2, 0.25) is 11.6 Å². The highest BCUT2D eigenvalue weighted by Crippen LogP contribution is 2.40. The number of aromatic nitrogens is 4. The molecule has 0 radical (unpaired) electrons. The minimum Gasteiger partial charge on any atom is -0.493 e. The van der Waals surface area contributed by atoms with Gasteiger partial charge in [-0.2, -0.15) is 4.98 Å². The van der Waals surface area contributed by atoms with Crippen molar-refractivity contribution in [2.75, 3.05) is 32.7 Å². The van der Waals surface area contributed by atoms with E-state index in [1.165, 1.54) is 0 Å². The molecule has 0 amide bonds. The monoisotopic (exact) mass is 369 g/mol. The fourth-order valence-corrected chi connectivity index (χ4v) is 2.26. The first-order valence-corrected chi connectivity index (χ1v) is 8.18. The third-order valence-corrected chi connectivity index (χ3v) is 3.45. The van der Waals surface area contributed by atoms with Gasteiger partial charge in [-0.15, -0.1) is 0 Å². The second kappa shape index (κ2) is 8.77. The molecule has 0 aliphatic carbocycles. The maximum atomic E-state index is 9.13. The molecule has 0 unspecified atom stereocenters. The number of anilines is 1. The summed E-state index contributed by atoms with van der Waals surface area (Å²) < 4.78 is 16.9. The number of nitrogens with zero attached hydrogens (tertiary/aromatic N) is 4. The van der Waals surface area contributed by atoms with Gasteiger partial charge in [-0.05, 0) is 18.2 Å². The largest absolute Gasteiger partial charge is 0.493 e. The fraction of sp³-hybridized carbons (Fsp3) is 0.222. The number of aliphatic hydroxyl groups is 1. The molecule has 2 heterocycles. The van der Waals surface area contributed by atoms with Crippen LogP contribution in [0.3, 0.4) is 0 Å². The Balaban J connectivity index is 2.08. The van der Waals surface area contributed by atoms with Crippen LogP contribution in [-0.4, -0.2) is 52.4 Å². The van der Waals surface area contributed by atoms with E-state index >= 15 is 0 Å². The van der Waals surface area contributed by atoms with Crippen LogP contribution < -0.4 is 19.5 Å². The molecule has 3 aromatic rings. The molecule has 2 aromatic heterocycles. The van der Waals surface area contributed by atoms with Gasteiger partial charge in [-0.25, -0.2) is 15.0 Å². The highest BCUT2D eigenvalue weighted by atomic mass is 16.5. The molecule has 0 aliphatic rings. The number of rotatable bonds is 8. The number of nitrogens with one attached hydrogen (secondary N) is 1. The number of hydrogen-bond donors (Lipinski definition) is 2. The van der Waals surface area contributed by atoms with Crippen LogP contribution >= 0.6 is 0 Å². The molecule has 1 aromatic carbocycles. The summed E-state index contributed by atoms with van der Waals surface area (Å²) in [5.41, 5.74) is 0. The van der Waals surface area contributed by atoms with E-state index in [1.807, 2.05) is 12.1 Å². The molecule has 140 valence electrons. The van der Waals surface area contributed by atoms with E-state index in [9.17, 15) is 0 Å². The van der Waals surface area contributed by atoms with Gasteiger partial charge < -0.3 is 24.6 Å². The second-order valence-corrected chi connectivity index (χ2v) is 5.18. The molecule has 27 heavy (non-hydrogen) atoms. The topological polar surface area (TPSA) is 112 Å². The van der Waals surface area contributed by atoms with Crippen LogP contribution in [0.15, 0.2) is 42.7 Å². The van der Waals surface area contributed by atoms with Crippen molar-refractivity contribution in [3.05, 3.63) is 42.7 Å². The van der Waals surface area contributed by atoms with Crippen molar-refractivity contribution in [3.8, 4) is 34.8 Å².